The number of hydrogen-bond donors (Lipinski definition) is 0. The number of alkyl halides is 1. The van der Waals surface area contributed by atoms with Gasteiger partial charge in [-0.25, -0.2) is 0 Å². The summed E-state index contributed by atoms with van der Waals surface area (Å²) < 4.78 is 4.90. The fourth-order valence-electron chi connectivity index (χ4n) is 3.09. The van der Waals surface area contributed by atoms with Crippen LogP contribution >= 0.6 is 11.6 Å². The highest BCUT2D eigenvalue weighted by atomic mass is 35.5. The van der Waals surface area contributed by atoms with Crippen LogP contribution < -0.4 is 0 Å². The van der Waals surface area contributed by atoms with Gasteiger partial charge in [-0.1, -0.05) is 115 Å². The lowest BCUT2D eigenvalue weighted by Crippen LogP contribution is -2.09. The fourth-order valence-corrected chi connectivity index (χ4v) is 3.37. The smallest absolute Gasteiger partial charge is 0.304 e. The monoisotopic (exact) mass is 360 g/mol. The number of carbonyl (C=O) groups is 1. The van der Waals surface area contributed by atoms with Crippen molar-refractivity contribution in [3.63, 3.8) is 0 Å². The van der Waals surface area contributed by atoms with E-state index >= 15 is 0 Å². The van der Waals surface area contributed by atoms with E-state index in [4.69, 9.17) is 16.3 Å². The fraction of sp³-hybridized carbons (Fsp3) is 0.952. The molecule has 1 atom stereocenters. The Bertz CT molecular complexity index is 269. The molecule has 2 nitrogen and oxygen atoms in total. The van der Waals surface area contributed by atoms with Gasteiger partial charge in [0.25, 0.3) is 0 Å². The molecule has 0 aromatic rings. The number of esters is 1. The highest BCUT2D eigenvalue weighted by Crippen LogP contribution is 2.15. The van der Waals surface area contributed by atoms with Gasteiger partial charge < -0.3 is 4.74 Å². The summed E-state index contributed by atoms with van der Waals surface area (Å²) >= 11 is 5.90. The van der Waals surface area contributed by atoms with Crippen molar-refractivity contribution in [3.05, 3.63) is 0 Å². The Morgan fingerprint density at radius 3 is 1.38 bits per heavy atom. The molecule has 24 heavy (non-hydrogen) atoms. The lowest BCUT2D eigenvalue weighted by molar-refractivity contribution is -0.142. The van der Waals surface area contributed by atoms with Crippen molar-refractivity contribution in [2.75, 3.05) is 0 Å². The topological polar surface area (TPSA) is 26.3 Å². The summed E-state index contributed by atoms with van der Waals surface area (Å²) in [6.45, 7) is 3.68. The third-order valence-electron chi connectivity index (χ3n) is 4.58. The number of rotatable bonds is 18. The first kappa shape index (κ1) is 23.8. The number of ether oxygens (including phenoxy) is 1. The minimum Gasteiger partial charge on any atom is -0.446 e. The average molecular weight is 361 g/mol. The molecule has 0 radical (unpaired) electrons. The van der Waals surface area contributed by atoms with Gasteiger partial charge in [0.15, 0.2) is 5.56 Å². The van der Waals surface area contributed by atoms with Crippen molar-refractivity contribution < 1.29 is 9.53 Å². The Hall–Kier alpha value is -0.240. The predicted molar refractivity (Wildman–Crippen MR) is 106 cm³/mol. The molecular weight excluding hydrogens is 320 g/mol. The van der Waals surface area contributed by atoms with E-state index in [0.717, 1.165) is 12.8 Å². The third kappa shape index (κ3) is 19.8. The lowest BCUT2D eigenvalue weighted by atomic mass is 10.0. The van der Waals surface area contributed by atoms with E-state index in [1.807, 2.05) is 0 Å². The van der Waals surface area contributed by atoms with Gasteiger partial charge in [-0.3, -0.25) is 4.79 Å². The Morgan fingerprint density at radius 1 is 0.708 bits per heavy atom. The molecule has 0 heterocycles. The molecule has 0 saturated heterocycles. The quantitative estimate of drug-likeness (QED) is 0.142. The number of carbonyl (C=O) groups excluding carboxylic acids is 1. The second-order valence-electron chi connectivity index (χ2n) is 7.11. The van der Waals surface area contributed by atoms with Crippen LogP contribution in [0.3, 0.4) is 0 Å². The Kier molecular flexibility index (Phi) is 18.9. The number of hydrogen-bond acceptors (Lipinski definition) is 2. The molecule has 0 spiro atoms. The van der Waals surface area contributed by atoms with Gasteiger partial charge in [-0.05, 0) is 12.8 Å². The zero-order valence-corrected chi connectivity index (χ0v) is 17.0. The van der Waals surface area contributed by atoms with Crippen LogP contribution in [-0.2, 0) is 9.53 Å². The maximum absolute atomic E-state index is 10.7. The van der Waals surface area contributed by atoms with Crippen LogP contribution in [0.25, 0.3) is 0 Å². The van der Waals surface area contributed by atoms with Crippen molar-refractivity contribution in [1.29, 1.82) is 0 Å². The van der Waals surface area contributed by atoms with Crippen LogP contribution in [-0.4, -0.2) is 11.5 Å². The summed E-state index contributed by atoms with van der Waals surface area (Å²) in [7, 11) is 0. The molecule has 0 aliphatic heterocycles. The van der Waals surface area contributed by atoms with Crippen molar-refractivity contribution in [3.8, 4) is 0 Å². The van der Waals surface area contributed by atoms with Gasteiger partial charge in [0.2, 0.25) is 0 Å². The van der Waals surface area contributed by atoms with Crippen molar-refractivity contribution >= 4 is 17.6 Å². The Morgan fingerprint density at radius 2 is 1.04 bits per heavy atom. The summed E-state index contributed by atoms with van der Waals surface area (Å²) in [5.74, 6) is -0.286. The van der Waals surface area contributed by atoms with E-state index in [2.05, 4.69) is 6.92 Å². The standard InChI is InChI=1S/C21H41ClO2/c1-3-4-5-6-7-8-9-10-11-12-13-14-15-16-17-18-19-21(22)24-20(2)23/h21H,3-19H2,1-2H3. The first-order valence-corrected chi connectivity index (χ1v) is 10.9. The summed E-state index contributed by atoms with van der Waals surface area (Å²) in [6, 6.07) is 0. The molecule has 0 aromatic heterocycles. The second kappa shape index (κ2) is 19.1. The first-order chi connectivity index (χ1) is 11.7. The molecule has 0 aliphatic carbocycles. The predicted octanol–water partition coefficient (Wildman–Crippen LogP) is 7.77. The Labute approximate surface area is 156 Å². The molecule has 0 saturated carbocycles. The molecule has 0 amide bonds. The van der Waals surface area contributed by atoms with Gasteiger partial charge >= 0.3 is 5.97 Å². The second-order valence-corrected chi connectivity index (χ2v) is 7.60. The maximum Gasteiger partial charge on any atom is 0.304 e. The molecule has 0 fully saturated rings. The minimum atomic E-state index is -0.436. The van der Waals surface area contributed by atoms with E-state index in [1.54, 1.807) is 0 Å². The van der Waals surface area contributed by atoms with Crippen LogP contribution in [0.4, 0.5) is 0 Å². The summed E-state index contributed by atoms with van der Waals surface area (Å²) in [6.07, 6.45) is 22.6. The van der Waals surface area contributed by atoms with Crippen molar-refractivity contribution in [2.45, 2.75) is 129 Å². The van der Waals surface area contributed by atoms with Crippen LogP contribution in [0.2, 0.25) is 0 Å². The maximum atomic E-state index is 10.7. The third-order valence-corrected chi connectivity index (χ3v) is 4.89. The lowest BCUT2D eigenvalue weighted by Gasteiger charge is -2.09. The average Bonchev–Trinajstić information content (AvgIpc) is 2.53. The van der Waals surface area contributed by atoms with Crippen LogP contribution in [0.1, 0.15) is 123 Å². The number of halogens is 1. The van der Waals surface area contributed by atoms with Crippen LogP contribution in [0, 0.1) is 0 Å². The van der Waals surface area contributed by atoms with Crippen LogP contribution in [0.5, 0.6) is 0 Å². The number of unbranched alkanes of at least 4 members (excludes halogenated alkanes) is 15. The largest absolute Gasteiger partial charge is 0.446 e. The van der Waals surface area contributed by atoms with Gasteiger partial charge in [0.1, 0.15) is 0 Å². The molecule has 0 aromatic carbocycles. The minimum absolute atomic E-state index is 0.286. The van der Waals surface area contributed by atoms with Crippen LogP contribution in [0.15, 0.2) is 0 Å². The normalized spacial score (nSPS) is 12.3. The molecule has 144 valence electrons. The molecule has 1 unspecified atom stereocenters. The molecule has 3 heteroatoms. The summed E-state index contributed by atoms with van der Waals surface area (Å²) in [5.41, 5.74) is -0.436. The molecule has 0 rings (SSSR count). The zero-order valence-electron chi connectivity index (χ0n) is 16.3. The van der Waals surface area contributed by atoms with E-state index < -0.39 is 5.56 Å². The molecule has 0 aliphatic rings. The van der Waals surface area contributed by atoms with Gasteiger partial charge in [0.05, 0.1) is 0 Å². The van der Waals surface area contributed by atoms with E-state index in [1.165, 1.54) is 103 Å². The SMILES string of the molecule is CCCCCCCCCCCCCCCCCCC(Cl)OC(C)=O. The highest BCUT2D eigenvalue weighted by molar-refractivity contribution is 6.20. The summed E-state index contributed by atoms with van der Waals surface area (Å²) in [5, 5.41) is 0. The highest BCUT2D eigenvalue weighted by Gasteiger charge is 2.06. The summed E-state index contributed by atoms with van der Waals surface area (Å²) in [4.78, 5) is 10.7. The van der Waals surface area contributed by atoms with Gasteiger partial charge in [0, 0.05) is 6.92 Å². The zero-order chi connectivity index (χ0) is 17.9. The van der Waals surface area contributed by atoms with Crippen molar-refractivity contribution in [2.24, 2.45) is 0 Å². The van der Waals surface area contributed by atoms with Gasteiger partial charge in [-0.15, -0.1) is 0 Å². The van der Waals surface area contributed by atoms with E-state index in [9.17, 15) is 4.79 Å². The van der Waals surface area contributed by atoms with E-state index in [-0.39, 0.29) is 5.97 Å². The van der Waals surface area contributed by atoms with Gasteiger partial charge in [-0.2, -0.15) is 0 Å². The van der Waals surface area contributed by atoms with E-state index in [0.29, 0.717) is 0 Å². The Balaban J connectivity index is 3.06. The van der Waals surface area contributed by atoms with Crippen molar-refractivity contribution in [1.82, 2.24) is 0 Å². The molecular formula is C21H41ClO2. The first-order valence-electron chi connectivity index (χ1n) is 10.5. The molecule has 0 N–H and O–H groups in total. The molecule has 0 bridgehead atoms.